The molecule has 2 heteroatoms. The van der Waals surface area contributed by atoms with Crippen molar-refractivity contribution >= 4 is 0 Å². The standard InChI is InChI=1S/C15H25NO/c1-4-12(5-2)11-16-14(6-3)13-9-7-8-10-15(13)17/h7-10,12,14,16-17H,4-6,11H2,1-3H3. The molecule has 1 atom stereocenters. The molecule has 0 aliphatic carbocycles. The highest BCUT2D eigenvalue weighted by Crippen LogP contribution is 2.26. The molecule has 1 aromatic rings. The van der Waals surface area contributed by atoms with Gasteiger partial charge in [0.1, 0.15) is 5.75 Å². The molecule has 0 amide bonds. The van der Waals surface area contributed by atoms with Gasteiger partial charge in [-0.1, -0.05) is 51.8 Å². The summed E-state index contributed by atoms with van der Waals surface area (Å²) < 4.78 is 0. The van der Waals surface area contributed by atoms with Gasteiger partial charge in [0.05, 0.1) is 0 Å². The van der Waals surface area contributed by atoms with Crippen LogP contribution in [0.4, 0.5) is 0 Å². The summed E-state index contributed by atoms with van der Waals surface area (Å²) >= 11 is 0. The Kier molecular flexibility index (Phi) is 6.06. The summed E-state index contributed by atoms with van der Waals surface area (Å²) in [5.74, 6) is 1.13. The van der Waals surface area contributed by atoms with Crippen molar-refractivity contribution in [3.05, 3.63) is 29.8 Å². The van der Waals surface area contributed by atoms with E-state index < -0.39 is 0 Å². The molecule has 0 heterocycles. The van der Waals surface area contributed by atoms with Crippen LogP contribution in [-0.2, 0) is 0 Å². The monoisotopic (exact) mass is 235 g/mol. The quantitative estimate of drug-likeness (QED) is 0.752. The van der Waals surface area contributed by atoms with Crippen molar-refractivity contribution in [1.82, 2.24) is 5.32 Å². The second-order valence-corrected chi connectivity index (χ2v) is 4.61. The summed E-state index contributed by atoms with van der Waals surface area (Å²) in [6, 6.07) is 7.88. The van der Waals surface area contributed by atoms with E-state index in [0.717, 1.165) is 24.4 Å². The number of phenols is 1. The highest BCUT2D eigenvalue weighted by molar-refractivity contribution is 5.34. The summed E-state index contributed by atoms with van der Waals surface area (Å²) in [4.78, 5) is 0. The zero-order valence-electron chi connectivity index (χ0n) is 11.2. The minimum Gasteiger partial charge on any atom is -0.508 e. The van der Waals surface area contributed by atoms with Gasteiger partial charge < -0.3 is 10.4 Å². The predicted molar refractivity (Wildman–Crippen MR) is 73.2 cm³/mol. The third kappa shape index (κ3) is 4.04. The smallest absolute Gasteiger partial charge is 0.120 e. The molecule has 2 nitrogen and oxygen atoms in total. The Morgan fingerprint density at radius 1 is 1.06 bits per heavy atom. The lowest BCUT2D eigenvalue weighted by molar-refractivity contribution is 0.393. The number of rotatable bonds is 7. The van der Waals surface area contributed by atoms with Crippen molar-refractivity contribution < 1.29 is 5.11 Å². The molecule has 0 spiro atoms. The van der Waals surface area contributed by atoms with Gasteiger partial charge in [-0.3, -0.25) is 0 Å². The predicted octanol–water partition coefficient (Wildman–Crippen LogP) is 3.87. The van der Waals surface area contributed by atoms with E-state index in [1.165, 1.54) is 12.8 Å². The first-order chi connectivity index (χ1) is 8.22. The minimum absolute atomic E-state index is 0.261. The van der Waals surface area contributed by atoms with Gasteiger partial charge in [0.2, 0.25) is 0 Å². The third-order valence-electron chi connectivity index (χ3n) is 3.53. The van der Waals surface area contributed by atoms with E-state index in [-0.39, 0.29) is 6.04 Å². The Hall–Kier alpha value is -1.02. The number of nitrogens with one attached hydrogen (secondary N) is 1. The fourth-order valence-electron chi connectivity index (χ4n) is 2.14. The minimum atomic E-state index is 0.261. The zero-order valence-corrected chi connectivity index (χ0v) is 11.2. The van der Waals surface area contributed by atoms with Crippen molar-refractivity contribution in [2.75, 3.05) is 6.54 Å². The molecule has 0 aliphatic heterocycles. The molecule has 0 aromatic heterocycles. The maximum atomic E-state index is 9.85. The van der Waals surface area contributed by atoms with Crippen LogP contribution in [0.2, 0.25) is 0 Å². The lowest BCUT2D eigenvalue weighted by atomic mass is 10.00. The van der Waals surface area contributed by atoms with Crippen molar-refractivity contribution in [3.8, 4) is 5.75 Å². The second kappa shape index (κ2) is 7.33. The molecule has 0 radical (unpaired) electrons. The highest BCUT2D eigenvalue weighted by Gasteiger charge is 2.13. The lowest BCUT2D eigenvalue weighted by Gasteiger charge is -2.21. The van der Waals surface area contributed by atoms with Gasteiger partial charge in [0.15, 0.2) is 0 Å². The first-order valence-electron chi connectivity index (χ1n) is 6.74. The van der Waals surface area contributed by atoms with Gasteiger partial charge >= 0.3 is 0 Å². The molecule has 1 rings (SSSR count). The van der Waals surface area contributed by atoms with Crippen LogP contribution in [0.3, 0.4) is 0 Å². The molecule has 0 fully saturated rings. The van der Waals surface area contributed by atoms with Gasteiger partial charge in [0.25, 0.3) is 0 Å². The van der Waals surface area contributed by atoms with Crippen LogP contribution in [-0.4, -0.2) is 11.7 Å². The van der Waals surface area contributed by atoms with Crippen molar-refractivity contribution in [1.29, 1.82) is 0 Å². The lowest BCUT2D eigenvalue weighted by Crippen LogP contribution is -2.26. The van der Waals surface area contributed by atoms with Crippen molar-refractivity contribution in [2.24, 2.45) is 5.92 Å². The fourth-order valence-corrected chi connectivity index (χ4v) is 2.14. The normalized spacial score (nSPS) is 12.9. The van der Waals surface area contributed by atoms with E-state index >= 15 is 0 Å². The van der Waals surface area contributed by atoms with Crippen LogP contribution in [0.25, 0.3) is 0 Å². The summed E-state index contributed by atoms with van der Waals surface area (Å²) in [7, 11) is 0. The second-order valence-electron chi connectivity index (χ2n) is 4.61. The van der Waals surface area contributed by atoms with Crippen LogP contribution in [0, 0.1) is 5.92 Å². The Balaban J connectivity index is 2.63. The molecule has 1 unspecified atom stereocenters. The summed E-state index contributed by atoms with van der Waals surface area (Å²) in [6.45, 7) is 7.64. The first kappa shape index (κ1) is 14.0. The van der Waals surface area contributed by atoms with E-state index in [2.05, 4.69) is 26.1 Å². The molecule has 0 saturated heterocycles. The molecule has 1 aromatic carbocycles. The van der Waals surface area contributed by atoms with Crippen LogP contribution >= 0.6 is 0 Å². The highest BCUT2D eigenvalue weighted by atomic mass is 16.3. The fraction of sp³-hybridized carbons (Fsp3) is 0.600. The SMILES string of the molecule is CCC(CC)CNC(CC)c1ccccc1O. The maximum absolute atomic E-state index is 9.85. The molecule has 0 saturated carbocycles. The summed E-state index contributed by atoms with van der Waals surface area (Å²) in [6.07, 6.45) is 3.42. The van der Waals surface area contributed by atoms with Crippen LogP contribution in [0.5, 0.6) is 5.75 Å². The van der Waals surface area contributed by atoms with E-state index in [0.29, 0.717) is 5.75 Å². The Morgan fingerprint density at radius 3 is 2.24 bits per heavy atom. The van der Waals surface area contributed by atoms with Gasteiger partial charge in [-0.2, -0.15) is 0 Å². The maximum Gasteiger partial charge on any atom is 0.120 e. The van der Waals surface area contributed by atoms with Gasteiger partial charge in [0, 0.05) is 11.6 Å². The molecule has 2 N–H and O–H groups in total. The molecular weight excluding hydrogens is 210 g/mol. The Bertz CT molecular complexity index is 320. The number of aromatic hydroxyl groups is 1. The van der Waals surface area contributed by atoms with Gasteiger partial charge in [-0.25, -0.2) is 0 Å². The topological polar surface area (TPSA) is 32.3 Å². The number of hydrogen-bond acceptors (Lipinski definition) is 2. The largest absolute Gasteiger partial charge is 0.508 e. The summed E-state index contributed by atoms with van der Waals surface area (Å²) in [5.41, 5.74) is 1.01. The average Bonchev–Trinajstić information content (AvgIpc) is 2.36. The average molecular weight is 235 g/mol. The van der Waals surface area contributed by atoms with E-state index in [9.17, 15) is 5.11 Å². The molecule has 17 heavy (non-hydrogen) atoms. The Morgan fingerprint density at radius 2 is 1.71 bits per heavy atom. The number of benzene rings is 1. The van der Waals surface area contributed by atoms with E-state index in [4.69, 9.17) is 0 Å². The van der Waals surface area contributed by atoms with E-state index in [1.807, 2.05) is 18.2 Å². The summed E-state index contributed by atoms with van der Waals surface area (Å²) in [5, 5.41) is 13.4. The third-order valence-corrected chi connectivity index (χ3v) is 3.53. The van der Waals surface area contributed by atoms with E-state index in [1.54, 1.807) is 6.07 Å². The molecular formula is C15H25NO. The number of phenolic OH excluding ortho intramolecular Hbond substituents is 1. The zero-order chi connectivity index (χ0) is 12.7. The Labute approximate surface area is 105 Å². The molecule has 96 valence electrons. The van der Waals surface area contributed by atoms with Crippen LogP contribution in [0.1, 0.15) is 51.6 Å². The molecule has 0 bridgehead atoms. The number of para-hydroxylation sites is 1. The van der Waals surface area contributed by atoms with Crippen molar-refractivity contribution in [2.45, 2.75) is 46.1 Å². The van der Waals surface area contributed by atoms with Gasteiger partial charge in [-0.15, -0.1) is 0 Å². The van der Waals surface area contributed by atoms with Crippen molar-refractivity contribution in [3.63, 3.8) is 0 Å². The van der Waals surface area contributed by atoms with Crippen LogP contribution in [0.15, 0.2) is 24.3 Å². The van der Waals surface area contributed by atoms with Gasteiger partial charge in [-0.05, 0) is 24.9 Å². The molecule has 0 aliphatic rings. The first-order valence-corrected chi connectivity index (χ1v) is 6.74. The number of hydrogen-bond donors (Lipinski definition) is 2. The van der Waals surface area contributed by atoms with Crippen LogP contribution < -0.4 is 5.32 Å².